The fourth-order valence-electron chi connectivity index (χ4n) is 4.04. The smallest absolute Gasteiger partial charge is 0.247 e. The van der Waals surface area contributed by atoms with Crippen LogP contribution in [0.2, 0.25) is 0 Å². The van der Waals surface area contributed by atoms with Gasteiger partial charge in [0.2, 0.25) is 17.8 Å². The molecule has 1 fully saturated rings. The number of aliphatic imine (C=N–C) groups is 2. The van der Waals surface area contributed by atoms with Crippen LogP contribution in [-0.2, 0) is 9.59 Å². The highest BCUT2D eigenvalue weighted by Gasteiger charge is 2.21. The Morgan fingerprint density at radius 2 is 1.86 bits per heavy atom. The molecule has 188 valence electrons. The predicted molar refractivity (Wildman–Crippen MR) is 152 cm³/mol. The largest absolute Gasteiger partial charge is 0.360 e. The number of allylic oxidation sites excluding steroid dienone is 4. The summed E-state index contributed by atoms with van der Waals surface area (Å²) in [4.78, 5) is 36.8. The van der Waals surface area contributed by atoms with Crippen LogP contribution in [0.15, 0.2) is 102 Å². The number of nitrogens with one attached hydrogen (secondary N) is 2. The summed E-state index contributed by atoms with van der Waals surface area (Å²) in [5.41, 5.74) is 5.18. The molecule has 0 spiro atoms. The molecule has 0 aromatic heterocycles. The molecule has 1 heterocycles. The van der Waals surface area contributed by atoms with Gasteiger partial charge in [0, 0.05) is 55.4 Å². The Morgan fingerprint density at radius 1 is 1.05 bits per heavy atom. The molecule has 2 aromatic carbocycles. The van der Waals surface area contributed by atoms with Gasteiger partial charge >= 0.3 is 0 Å². The molecular formula is C29H30N6O2. The van der Waals surface area contributed by atoms with Crippen molar-refractivity contribution in [2.24, 2.45) is 9.98 Å². The number of hydrogen-bond donors (Lipinski definition) is 2. The van der Waals surface area contributed by atoms with E-state index < -0.39 is 0 Å². The molecule has 1 aliphatic carbocycles. The number of rotatable bonds is 6. The second-order valence-corrected chi connectivity index (χ2v) is 8.59. The van der Waals surface area contributed by atoms with Crippen LogP contribution in [-0.4, -0.2) is 55.1 Å². The molecule has 4 rings (SSSR count). The first-order chi connectivity index (χ1) is 18.0. The molecule has 1 saturated heterocycles. The summed E-state index contributed by atoms with van der Waals surface area (Å²) in [5.74, 6) is 0.256. The van der Waals surface area contributed by atoms with Gasteiger partial charge < -0.3 is 20.4 Å². The Labute approximate surface area is 217 Å². The maximum atomic E-state index is 12.1. The van der Waals surface area contributed by atoms with Gasteiger partial charge in [-0.3, -0.25) is 9.59 Å². The van der Waals surface area contributed by atoms with Crippen LogP contribution in [0.3, 0.4) is 0 Å². The van der Waals surface area contributed by atoms with Gasteiger partial charge in [-0.25, -0.2) is 9.98 Å². The highest BCUT2D eigenvalue weighted by molar-refractivity contribution is 6.28. The number of piperazine rings is 1. The number of nitrogens with zero attached hydrogens (tertiary/aromatic N) is 4. The average molecular weight is 495 g/mol. The van der Waals surface area contributed by atoms with E-state index in [1.807, 2.05) is 73.8 Å². The van der Waals surface area contributed by atoms with E-state index in [-0.39, 0.29) is 11.8 Å². The number of carbonyl (C=O) groups excluding carboxylic acids is 2. The van der Waals surface area contributed by atoms with Crippen molar-refractivity contribution in [3.05, 3.63) is 97.8 Å². The van der Waals surface area contributed by atoms with Crippen molar-refractivity contribution in [2.45, 2.75) is 6.42 Å². The normalized spacial score (nSPS) is 16.9. The highest BCUT2D eigenvalue weighted by Crippen LogP contribution is 2.25. The van der Waals surface area contributed by atoms with Gasteiger partial charge in [0.05, 0.1) is 12.3 Å². The molecule has 2 aliphatic rings. The summed E-state index contributed by atoms with van der Waals surface area (Å²) in [7, 11) is 1.83. The van der Waals surface area contributed by atoms with Crippen molar-refractivity contribution < 1.29 is 9.59 Å². The SMILES string of the molecule is C=C/N=C(\N=C1/CC=CC=C1c1cccc(NC(=O)C=C)c1)Nc1ccc(N2CCN(C)C(=O)C2)cc1. The minimum Gasteiger partial charge on any atom is -0.360 e. The molecular weight excluding hydrogens is 464 g/mol. The van der Waals surface area contributed by atoms with Crippen LogP contribution in [0.5, 0.6) is 0 Å². The molecule has 0 unspecified atom stereocenters. The lowest BCUT2D eigenvalue weighted by atomic mass is 9.95. The van der Waals surface area contributed by atoms with Crippen molar-refractivity contribution in [1.29, 1.82) is 0 Å². The highest BCUT2D eigenvalue weighted by atomic mass is 16.2. The maximum absolute atomic E-state index is 12.1. The second-order valence-electron chi connectivity index (χ2n) is 8.59. The molecule has 2 N–H and O–H groups in total. The van der Waals surface area contributed by atoms with Crippen molar-refractivity contribution in [3.8, 4) is 0 Å². The lowest BCUT2D eigenvalue weighted by Gasteiger charge is -2.33. The van der Waals surface area contributed by atoms with E-state index in [1.54, 1.807) is 4.90 Å². The van der Waals surface area contributed by atoms with Crippen LogP contribution in [0.25, 0.3) is 5.57 Å². The zero-order chi connectivity index (χ0) is 26.2. The molecule has 1 aliphatic heterocycles. The van der Waals surface area contributed by atoms with Gasteiger partial charge in [0.1, 0.15) is 0 Å². The lowest BCUT2D eigenvalue weighted by molar-refractivity contribution is -0.129. The van der Waals surface area contributed by atoms with Crippen LogP contribution < -0.4 is 15.5 Å². The Kier molecular flexibility index (Phi) is 8.10. The van der Waals surface area contributed by atoms with E-state index in [0.29, 0.717) is 31.2 Å². The van der Waals surface area contributed by atoms with E-state index in [9.17, 15) is 9.59 Å². The fourth-order valence-corrected chi connectivity index (χ4v) is 4.04. The Balaban J connectivity index is 1.52. The van der Waals surface area contributed by atoms with Crippen LogP contribution in [0.4, 0.5) is 17.1 Å². The number of anilines is 3. The van der Waals surface area contributed by atoms with Crippen LogP contribution >= 0.6 is 0 Å². The molecule has 8 heteroatoms. The van der Waals surface area contributed by atoms with Crippen LogP contribution in [0, 0.1) is 0 Å². The van der Waals surface area contributed by atoms with Crippen molar-refractivity contribution >= 4 is 46.1 Å². The number of carbonyl (C=O) groups is 2. The quantitative estimate of drug-likeness (QED) is 0.352. The van der Waals surface area contributed by atoms with Gasteiger partial charge in [-0.1, -0.05) is 43.5 Å². The maximum Gasteiger partial charge on any atom is 0.247 e. The van der Waals surface area contributed by atoms with Gasteiger partial charge in [-0.2, -0.15) is 0 Å². The van der Waals surface area contributed by atoms with E-state index in [2.05, 4.69) is 33.7 Å². The van der Waals surface area contributed by atoms with Crippen molar-refractivity contribution in [2.75, 3.05) is 42.2 Å². The van der Waals surface area contributed by atoms with E-state index in [0.717, 1.165) is 34.8 Å². The number of amides is 2. The molecule has 8 nitrogen and oxygen atoms in total. The van der Waals surface area contributed by atoms with E-state index in [1.165, 1.54) is 12.3 Å². The van der Waals surface area contributed by atoms with E-state index >= 15 is 0 Å². The number of guanidine groups is 1. The molecule has 2 aromatic rings. The molecule has 37 heavy (non-hydrogen) atoms. The van der Waals surface area contributed by atoms with Gasteiger partial charge in [-0.15, -0.1) is 0 Å². The Bertz CT molecular complexity index is 1320. The minimum atomic E-state index is -0.265. The summed E-state index contributed by atoms with van der Waals surface area (Å²) < 4.78 is 0. The zero-order valence-corrected chi connectivity index (χ0v) is 20.9. The first-order valence-corrected chi connectivity index (χ1v) is 12.0. The predicted octanol–water partition coefficient (Wildman–Crippen LogP) is 4.49. The molecule has 0 atom stereocenters. The second kappa shape index (κ2) is 11.8. The number of likely N-dealkylation sites (N-methyl/N-ethyl adjacent to an activating group) is 1. The van der Waals surface area contributed by atoms with Gasteiger partial charge in [0.25, 0.3) is 0 Å². The number of hydrogen-bond acceptors (Lipinski definition) is 4. The third-order valence-corrected chi connectivity index (χ3v) is 6.05. The fraction of sp³-hybridized carbons (Fsp3) is 0.172. The minimum absolute atomic E-state index is 0.115. The first-order valence-electron chi connectivity index (χ1n) is 12.0. The summed E-state index contributed by atoms with van der Waals surface area (Å²) in [6.07, 6.45) is 9.33. The lowest BCUT2D eigenvalue weighted by Crippen LogP contribution is -2.48. The van der Waals surface area contributed by atoms with Crippen LogP contribution in [0.1, 0.15) is 12.0 Å². The number of benzene rings is 2. The van der Waals surface area contributed by atoms with E-state index in [4.69, 9.17) is 4.99 Å². The molecule has 2 amide bonds. The van der Waals surface area contributed by atoms with Crippen molar-refractivity contribution in [3.63, 3.8) is 0 Å². The zero-order valence-electron chi connectivity index (χ0n) is 20.9. The van der Waals surface area contributed by atoms with Gasteiger partial charge in [0.15, 0.2) is 0 Å². The molecule has 0 radical (unpaired) electrons. The summed E-state index contributed by atoms with van der Waals surface area (Å²) >= 11 is 0. The average Bonchev–Trinajstić information content (AvgIpc) is 2.91. The standard InChI is InChI=1S/C29H30N6O2/c1-4-27(36)31-23-10-8-9-21(19-23)25-11-6-7-12-26(25)33-29(30-5-2)32-22-13-15-24(16-14-22)35-18-17-34(3)28(37)20-35/h4-11,13-16,19H,1-2,12,17-18,20H2,3H3,(H,30,32)(H,31,36)/b33-26+. The first kappa shape index (κ1) is 25.4. The Hall–Kier alpha value is -4.72. The summed E-state index contributed by atoms with van der Waals surface area (Å²) in [5, 5.41) is 6.06. The summed E-state index contributed by atoms with van der Waals surface area (Å²) in [6.45, 7) is 9.12. The molecule has 0 bridgehead atoms. The van der Waals surface area contributed by atoms with Crippen molar-refractivity contribution in [1.82, 2.24) is 4.90 Å². The topological polar surface area (TPSA) is 89.4 Å². The van der Waals surface area contributed by atoms with Gasteiger partial charge in [-0.05, 0) is 48.0 Å². The molecule has 0 saturated carbocycles. The summed E-state index contributed by atoms with van der Waals surface area (Å²) in [6, 6.07) is 15.5. The monoisotopic (exact) mass is 494 g/mol. The Morgan fingerprint density at radius 3 is 2.59 bits per heavy atom. The third-order valence-electron chi connectivity index (χ3n) is 6.05. The third kappa shape index (κ3) is 6.49.